The fourth-order valence-electron chi connectivity index (χ4n) is 4.12. The molecule has 2 atom stereocenters. The number of hydrogen-bond acceptors (Lipinski definition) is 2. The van der Waals surface area contributed by atoms with Crippen LogP contribution >= 0.6 is 0 Å². The van der Waals surface area contributed by atoms with E-state index in [1.807, 2.05) is 6.20 Å². The molecule has 2 aliphatic rings. The Balaban J connectivity index is 2.00. The number of nitrogens with zero attached hydrogens (tertiary/aromatic N) is 1. The Labute approximate surface area is 110 Å². The minimum absolute atomic E-state index is 0.0646. The Morgan fingerprint density at radius 3 is 2.83 bits per heavy atom. The molecular weight excluding hydrogens is 220 g/mol. The van der Waals surface area contributed by atoms with Gasteiger partial charge in [0.1, 0.15) is 0 Å². The van der Waals surface area contributed by atoms with Crippen molar-refractivity contribution in [3.63, 3.8) is 0 Å². The van der Waals surface area contributed by atoms with E-state index in [1.54, 1.807) is 0 Å². The maximum absolute atomic E-state index is 6.92. The normalized spacial score (nSPS) is 34.3. The smallest absolute Gasteiger partial charge is 0.0485 e. The van der Waals surface area contributed by atoms with Crippen LogP contribution in [0.25, 0.3) is 0 Å². The summed E-state index contributed by atoms with van der Waals surface area (Å²) in [6.45, 7) is 4.71. The molecule has 98 valence electrons. The highest BCUT2D eigenvalue weighted by Gasteiger charge is 2.51. The lowest BCUT2D eigenvalue weighted by Crippen LogP contribution is -2.58. The van der Waals surface area contributed by atoms with Gasteiger partial charge in [0, 0.05) is 23.3 Å². The molecular formula is C16H24N2. The zero-order valence-corrected chi connectivity index (χ0v) is 11.6. The number of rotatable bonds is 1. The molecule has 2 unspecified atom stereocenters. The Bertz CT molecular complexity index is 452. The second-order valence-corrected chi connectivity index (χ2v) is 6.77. The van der Waals surface area contributed by atoms with Gasteiger partial charge >= 0.3 is 0 Å². The first-order valence-corrected chi connectivity index (χ1v) is 7.27. The van der Waals surface area contributed by atoms with Crippen LogP contribution in [-0.2, 0) is 6.42 Å². The summed E-state index contributed by atoms with van der Waals surface area (Å²) in [6, 6.07) is 4.28. The van der Waals surface area contributed by atoms with E-state index in [0.29, 0.717) is 5.92 Å². The molecule has 2 heteroatoms. The summed E-state index contributed by atoms with van der Waals surface area (Å²) in [7, 11) is 0. The Kier molecular flexibility index (Phi) is 2.74. The molecule has 3 rings (SSSR count). The summed E-state index contributed by atoms with van der Waals surface area (Å²) in [4.78, 5) is 4.65. The lowest BCUT2D eigenvalue weighted by Gasteiger charge is -2.51. The standard InChI is InChI=1S/C16H24N2/c1-15(2)9-3-4-10-16(15,17)13-8-7-12-6-5-11-18-14(12)13/h5-6,11,13H,3-4,7-10,17H2,1-2H3. The zero-order valence-electron chi connectivity index (χ0n) is 11.6. The van der Waals surface area contributed by atoms with E-state index in [1.165, 1.54) is 36.9 Å². The predicted molar refractivity (Wildman–Crippen MR) is 74.5 cm³/mol. The quantitative estimate of drug-likeness (QED) is 0.822. The van der Waals surface area contributed by atoms with Crippen LogP contribution < -0.4 is 5.73 Å². The maximum Gasteiger partial charge on any atom is 0.0485 e. The predicted octanol–water partition coefficient (Wildman–Crippen LogP) is 3.41. The molecule has 1 heterocycles. The van der Waals surface area contributed by atoms with E-state index in [9.17, 15) is 0 Å². The highest BCUT2D eigenvalue weighted by Crippen LogP contribution is 2.52. The maximum atomic E-state index is 6.92. The molecule has 1 aromatic heterocycles. The zero-order chi connectivity index (χ0) is 12.8. The van der Waals surface area contributed by atoms with Gasteiger partial charge < -0.3 is 5.73 Å². The number of nitrogens with two attached hydrogens (primary N) is 1. The Morgan fingerprint density at radius 1 is 1.28 bits per heavy atom. The van der Waals surface area contributed by atoms with Gasteiger partial charge in [-0.05, 0) is 42.7 Å². The van der Waals surface area contributed by atoms with Gasteiger partial charge in [-0.2, -0.15) is 0 Å². The molecule has 0 bridgehead atoms. The molecule has 1 aromatic rings. The topological polar surface area (TPSA) is 38.9 Å². The van der Waals surface area contributed by atoms with Gasteiger partial charge in [-0.1, -0.05) is 32.8 Å². The van der Waals surface area contributed by atoms with Crippen molar-refractivity contribution in [2.24, 2.45) is 11.1 Å². The van der Waals surface area contributed by atoms with Crippen molar-refractivity contribution in [3.05, 3.63) is 29.6 Å². The molecule has 1 saturated carbocycles. The second-order valence-electron chi connectivity index (χ2n) is 6.77. The van der Waals surface area contributed by atoms with Gasteiger partial charge in [0.2, 0.25) is 0 Å². The summed E-state index contributed by atoms with van der Waals surface area (Å²) >= 11 is 0. The number of fused-ring (bicyclic) bond motifs is 1. The summed E-state index contributed by atoms with van der Waals surface area (Å²) in [5.74, 6) is 0.462. The van der Waals surface area contributed by atoms with Crippen molar-refractivity contribution in [1.82, 2.24) is 4.98 Å². The molecule has 0 radical (unpaired) electrons. The average Bonchev–Trinajstić information content (AvgIpc) is 2.77. The summed E-state index contributed by atoms with van der Waals surface area (Å²) in [5.41, 5.74) is 9.80. The van der Waals surface area contributed by atoms with Gasteiger partial charge in [0.25, 0.3) is 0 Å². The summed E-state index contributed by atoms with van der Waals surface area (Å²) in [5, 5.41) is 0. The van der Waals surface area contributed by atoms with Crippen LogP contribution in [0.3, 0.4) is 0 Å². The third-order valence-electron chi connectivity index (χ3n) is 5.48. The monoisotopic (exact) mass is 244 g/mol. The van der Waals surface area contributed by atoms with E-state index in [0.717, 1.165) is 12.8 Å². The molecule has 0 aromatic carbocycles. The van der Waals surface area contributed by atoms with Crippen molar-refractivity contribution in [3.8, 4) is 0 Å². The average molecular weight is 244 g/mol. The lowest BCUT2D eigenvalue weighted by molar-refractivity contribution is 0.0717. The van der Waals surface area contributed by atoms with Crippen molar-refractivity contribution in [2.45, 2.75) is 63.8 Å². The Hall–Kier alpha value is -0.890. The minimum atomic E-state index is -0.0646. The van der Waals surface area contributed by atoms with Crippen LogP contribution in [0.15, 0.2) is 18.3 Å². The highest BCUT2D eigenvalue weighted by molar-refractivity contribution is 5.33. The first-order chi connectivity index (χ1) is 8.55. The van der Waals surface area contributed by atoms with E-state index in [4.69, 9.17) is 5.73 Å². The SMILES string of the molecule is CC1(C)CCCCC1(N)C1CCc2cccnc21. The molecule has 1 fully saturated rings. The van der Waals surface area contributed by atoms with E-state index >= 15 is 0 Å². The molecule has 2 nitrogen and oxygen atoms in total. The molecule has 2 N–H and O–H groups in total. The van der Waals surface area contributed by atoms with Crippen LogP contribution in [0.5, 0.6) is 0 Å². The van der Waals surface area contributed by atoms with E-state index in [2.05, 4.69) is 31.0 Å². The van der Waals surface area contributed by atoms with Gasteiger partial charge in [-0.15, -0.1) is 0 Å². The summed E-state index contributed by atoms with van der Waals surface area (Å²) in [6.07, 6.45) is 9.28. The fourth-order valence-corrected chi connectivity index (χ4v) is 4.12. The van der Waals surface area contributed by atoms with Crippen molar-refractivity contribution >= 4 is 0 Å². The molecule has 18 heavy (non-hydrogen) atoms. The Morgan fingerprint density at radius 2 is 2.06 bits per heavy atom. The van der Waals surface area contributed by atoms with E-state index in [-0.39, 0.29) is 11.0 Å². The minimum Gasteiger partial charge on any atom is -0.324 e. The van der Waals surface area contributed by atoms with Crippen LogP contribution in [-0.4, -0.2) is 10.5 Å². The van der Waals surface area contributed by atoms with Crippen molar-refractivity contribution in [1.29, 1.82) is 0 Å². The molecule has 0 aliphatic heterocycles. The van der Waals surface area contributed by atoms with Crippen LogP contribution in [0, 0.1) is 5.41 Å². The molecule has 0 saturated heterocycles. The van der Waals surface area contributed by atoms with Crippen LogP contribution in [0.1, 0.15) is 63.1 Å². The number of pyridine rings is 1. The highest BCUT2D eigenvalue weighted by atomic mass is 14.9. The van der Waals surface area contributed by atoms with Gasteiger partial charge in [0.15, 0.2) is 0 Å². The van der Waals surface area contributed by atoms with E-state index < -0.39 is 0 Å². The molecule has 0 spiro atoms. The number of hydrogen-bond donors (Lipinski definition) is 1. The molecule has 2 aliphatic carbocycles. The van der Waals surface area contributed by atoms with Gasteiger partial charge in [-0.25, -0.2) is 0 Å². The molecule has 0 amide bonds. The van der Waals surface area contributed by atoms with Crippen molar-refractivity contribution < 1.29 is 0 Å². The number of aromatic nitrogens is 1. The lowest BCUT2D eigenvalue weighted by atomic mass is 9.58. The van der Waals surface area contributed by atoms with Gasteiger partial charge in [0.05, 0.1) is 0 Å². The van der Waals surface area contributed by atoms with Crippen molar-refractivity contribution in [2.75, 3.05) is 0 Å². The summed E-state index contributed by atoms with van der Waals surface area (Å²) < 4.78 is 0. The largest absolute Gasteiger partial charge is 0.324 e. The number of aryl methyl sites for hydroxylation is 1. The van der Waals surface area contributed by atoms with Gasteiger partial charge in [-0.3, -0.25) is 4.98 Å². The fraction of sp³-hybridized carbons (Fsp3) is 0.688. The third kappa shape index (κ3) is 1.62. The van der Waals surface area contributed by atoms with Crippen LogP contribution in [0.2, 0.25) is 0 Å². The second kappa shape index (κ2) is 4.06. The first-order valence-electron chi connectivity index (χ1n) is 7.27. The first kappa shape index (κ1) is 12.2. The third-order valence-corrected chi connectivity index (χ3v) is 5.48. The van der Waals surface area contributed by atoms with Crippen LogP contribution in [0.4, 0.5) is 0 Å².